The lowest BCUT2D eigenvalue weighted by Gasteiger charge is -2.26. The van der Waals surface area contributed by atoms with Gasteiger partial charge in [0.15, 0.2) is 11.5 Å². The molecule has 0 atom stereocenters. The van der Waals surface area contributed by atoms with Crippen molar-refractivity contribution in [3.63, 3.8) is 0 Å². The van der Waals surface area contributed by atoms with Crippen LogP contribution in [0.3, 0.4) is 0 Å². The summed E-state index contributed by atoms with van der Waals surface area (Å²) in [5.41, 5.74) is 6.59. The molecule has 0 spiro atoms. The van der Waals surface area contributed by atoms with E-state index in [0.717, 1.165) is 25.7 Å². The average Bonchev–Trinajstić information content (AvgIpc) is 2.68. The van der Waals surface area contributed by atoms with Gasteiger partial charge in [0.25, 0.3) is 0 Å². The lowest BCUT2D eigenvalue weighted by molar-refractivity contribution is 0.126. The number of aliphatic hydroxyl groups is 1. The maximum atomic E-state index is 9.66. The molecule has 0 saturated heterocycles. The molecule has 0 unspecified atom stereocenters. The van der Waals surface area contributed by atoms with Crippen LogP contribution in [-0.4, -0.2) is 48.5 Å². The molecule has 3 rings (SSSR count). The van der Waals surface area contributed by atoms with E-state index in [0.29, 0.717) is 34.6 Å². The van der Waals surface area contributed by atoms with Gasteiger partial charge in [-0.25, -0.2) is 0 Å². The standard InChI is InChI=1S/C19H27N5O4/c1-26-14-8-12(9-15(27-2)18(14)28-3)22-17-10-16(23-19(20)24-17)21-11-4-6-13(25)7-5-11/h8-11,13,25H,4-7H2,1-3H3,(H4,20,21,22,23,24). The van der Waals surface area contributed by atoms with E-state index < -0.39 is 0 Å². The Hall–Kier alpha value is -2.94. The summed E-state index contributed by atoms with van der Waals surface area (Å²) in [7, 11) is 4.68. The highest BCUT2D eigenvalue weighted by Crippen LogP contribution is 2.40. The minimum atomic E-state index is -0.203. The van der Waals surface area contributed by atoms with Gasteiger partial charge in [0.05, 0.1) is 27.4 Å². The highest BCUT2D eigenvalue weighted by atomic mass is 16.5. The van der Waals surface area contributed by atoms with Gasteiger partial charge < -0.3 is 35.7 Å². The molecule has 1 fully saturated rings. The number of ether oxygens (including phenoxy) is 3. The van der Waals surface area contributed by atoms with Crippen molar-refractivity contribution < 1.29 is 19.3 Å². The SMILES string of the molecule is COc1cc(Nc2cc(NC3CCC(O)CC3)nc(N)n2)cc(OC)c1OC. The number of aliphatic hydroxyl groups excluding tert-OH is 1. The summed E-state index contributed by atoms with van der Waals surface area (Å²) in [5.74, 6) is 2.93. The van der Waals surface area contributed by atoms with E-state index in [2.05, 4.69) is 20.6 Å². The van der Waals surface area contributed by atoms with E-state index in [9.17, 15) is 5.11 Å². The molecule has 1 saturated carbocycles. The molecule has 152 valence electrons. The van der Waals surface area contributed by atoms with Crippen LogP contribution in [-0.2, 0) is 0 Å². The van der Waals surface area contributed by atoms with Crippen LogP contribution in [0.2, 0.25) is 0 Å². The van der Waals surface area contributed by atoms with Crippen LogP contribution < -0.4 is 30.6 Å². The number of hydrogen-bond donors (Lipinski definition) is 4. The number of rotatable bonds is 7. The number of nitrogens with one attached hydrogen (secondary N) is 2. The van der Waals surface area contributed by atoms with Gasteiger partial charge in [-0.15, -0.1) is 0 Å². The lowest BCUT2D eigenvalue weighted by atomic mass is 9.93. The Labute approximate surface area is 164 Å². The quantitative estimate of drug-likeness (QED) is 0.565. The third-order valence-electron chi connectivity index (χ3n) is 4.73. The zero-order valence-corrected chi connectivity index (χ0v) is 16.4. The normalized spacial score (nSPS) is 19.0. The molecule has 0 radical (unpaired) electrons. The number of hydrogen-bond acceptors (Lipinski definition) is 9. The molecule has 0 amide bonds. The topological polar surface area (TPSA) is 124 Å². The summed E-state index contributed by atoms with van der Waals surface area (Å²) >= 11 is 0. The van der Waals surface area contributed by atoms with Gasteiger partial charge in [-0.2, -0.15) is 9.97 Å². The molecule has 1 aromatic carbocycles. The first-order chi connectivity index (χ1) is 13.5. The van der Waals surface area contributed by atoms with Gasteiger partial charge in [-0.1, -0.05) is 0 Å². The van der Waals surface area contributed by atoms with Crippen molar-refractivity contribution in [3.05, 3.63) is 18.2 Å². The van der Waals surface area contributed by atoms with Gasteiger partial charge in [0.1, 0.15) is 11.6 Å². The Morgan fingerprint density at radius 1 is 0.929 bits per heavy atom. The van der Waals surface area contributed by atoms with Gasteiger partial charge in [-0.05, 0) is 25.7 Å². The number of anilines is 4. The Balaban J connectivity index is 1.80. The van der Waals surface area contributed by atoms with Crippen LogP contribution in [0.4, 0.5) is 23.3 Å². The molecule has 1 aliphatic carbocycles. The first kappa shape index (κ1) is 19.8. The summed E-state index contributed by atoms with van der Waals surface area (Å²) in [6.07, 6.45) is 3.15. The first-order valence-electron chi connectivity index (χ1n) is 9.18. The van der Waals surface area contributed by atoms with Crippen LogP contribution in [0.25, 0.3) is 0 Å². The molecule has 28 heavy (non-hydrogen) atoms. The zero-order chi connectivity index (χ0) is 20.1. The van der Waals surface area contributed by atoms with Crippen LogP contribution in [0.15, 0.2) is 18.2 Å². The summed E-state index contributed by atoms with van der Waals surface area (Å²) in [5, 5.41) is 16.2. The zero-order valence-electron chi connectivity index (χ0n) is 16.4. The van der Waals surface area contributed by atoms with Gasteiger partial charge in [0.2, 0.25) is 11.7 Å². The fraction of sp³-hybridized carbons (Fsp3) is 0.474. The lowest BCUT2D eigenvalue weighted by Crippen LogP contribution is -2.28. The number of benzene rings is 1. The molecular weight excluding hydrogens is 362 g/mol. The van der Waals surface area contributed by atoms with E-state index in [-0.39, 0.29) is 18.1 Å². The van der Waals surface area contributed by atoms with Crippen LogP contribution in [0, 0.1) is 0 Å². The smallest absolute Gasteiger partial charge is 0.223 e. The highest BCUT2D eigenvalue weighted by Gasteiger charge is 2.20. The van der Waals surface area contributed by atoms with Crippen molar-refractivity contribution in [2.45, 2.75) is 37.8 Å². The Bertz CT molecular complexity index is 784. The summed E-state index contributed by atoms with van der Waals surface area (Å²) < 4.78 is 16.1. The van der Waals surface area contributed by atoms with E-state index in [1.54, 1.807) is 39.5 Å². The second-order valence-corrected chi connectivity index (χ2v) is 6.69. The average molecular weight is 389 g/mol. The minimum absolute atomic E-state index is 0.163. The molecule has 0 bridgehead atoms. The van der Waals surface area contributed by atoms with Crippen LogP contribution in [0.1, 0.15) is 25.7 Å². The van der Waals surface area contributed by atoms with Crippen molar-refractivity contribution in [3.8, 4) is 17.2 Å². The molecule has 1 aromatic heterocycles. The molecule has 2 aromatic rings. The third kappa shape index (κ3) is 4.66. The Kier molecular flexibility index (Phi) is 6.25. The van der Waals surface area contributed by atoms with E-state index >= 15 is 0 Å². The molecule has 9 heteroatoms. The maximum Gasteiger partial charge on any atom is 0.223 e. The van der Waals surface area contributed by atoms with E-state index in [1.807, 2.05) is 0 Å². The van der Waals surface area contributed by atoms with Crippen molar-refractivity contribution in [2.75, 3.05) is 37.7 Å². The monoisotopic (exact) mass is 389 g/mol. The predicted molar refractivity (Wildman–Crippen MR) is 108 cm³/mol. The van der Waals surface area contributed by atoms with Crippen LogP contribution in [0.5, 0.6) is 17.2 Å². The molecule has 1 heterocycles. The van der Waals surface area contributed by atoms with Gasteiger partial charge in [-0.3, -0.25) is 0 Å². The first-order valence-corrected chi connectivity index (χ1v) is 9.18. The number of nitrogens with zero attached hydrogens (tertiary/aromatic N) is 2. The highest BCUT2D eigenvalue weighted by molar-refractivity contribution is 5.68. The van der Waals surface area contributed by atoms with Crippen molar-refractivity contribution in [2.24, 2.45) is 0 Å². The summed E-state index contributed by atoms with van der Waals surface area (Å²) in [6.45, 7) is 0. The number of methoxy groups -OCH3 is 3. The molecule has 0 aliphatic heterocycles. The summed E-state index contributed by atoms with van der Waals surface area (Å²) in [6, 6.07) is 5.63. The fourth-order valence-corrected chi connectivity index (χ4v) is 3.33. The van der Waals surface area contributed by atoms with Crippen molar-refractivity contribution >= 4 is 23.3 Å². The third-order valence-corrected chi connectivity index (χ3v) is 4.73. The second-order valence-electron chi connectivity index (χ2n) is 6.69. The molecular formula is C19H27N5O4. The number of nitrogen functional groups attached to an aromatic ring is 1. The molecule has 1 aliphatic rings. The van der Waals surface area contributed by atoms with E-state index in [4.69, 9.17) is 19.9 Å². The van der Waals surface area contributed by atoms with Crippen LogP contribution >= 0.6 is 0 Å². The Morgan fingerprint density at radius 3 is 2.11 bits per heavy atom. The molecule has 9 nitrogen and oxygen atoms in total. The number of aromatic nitrogens is 2. The second kappa shape index (κ2) is 8.83. The predicted octanol–water partition coefficient (Wildman–Crippen LogP) is 2.54. The Morgan fingerprint density at radius 2 is 1.54 bits per heavy atom. The van der Waals surface area contributed by atoms with Gasteiger partial charge in [0, 0.05) is 29.9 Å². The summed E-state index contributed by atoms with van der Waals surface area (Å²) in [4.78, 5) is 8.52. The fourth-order valence-electron chi connectivity index (χ4n) is 3.33. The molecule has 5 N–H and O–H groups in total. The minimum Gasteiger partial charge on any atom is -0.493 e. The van der Waals surface area contributed by atoms with Gasteiger partial charge >= 0.3 is 0 Å². The van der Waals surface area contributed by atoms with E-state index in [1.165, 1.54) is 0 Å². The largest absolute Gasteiger partial charge is 0.493 e. The van der Waals surface area contributed by atoms with Crippen molar-refractivity contribution in [1.29, 1.82) is 0 Å². The number of nitrogens with two attached hydrogens (primary N) is 1. The maximum absolute atomic E-state index is 9.66. The van der Waals surface area contributed by atoms with Crippen molar-refractivity contribution in [1.82, 2.24) is 9.97 Å².